The Labute approximate surface area is 247 Å². The summed E-state index contributed by atoms with van der Waals surface area (Å²) < 4.78 is 19.9. The van der Waals surface area contributed by atoms with Crippen LogP contribution in [0.4, 0.5) is 22.7 Å². The van der Waals surface area contributed by atoms with Crippen LogP contribution in [-0.4, -0.2) is 97.4 Å². The molecule has 0 unspecified atom stereocenters. The minimum absolute atomic E-state index is 0.478. The molecule has 0 saturated carbocycles. The van der Waals surface area contributed by atoms with Gasteiger partial charge in [-0.05, 0) is 24.3 Å². The predicted octanol–water partition coefficient (Wildman–Crippen LogP) is 1.76. The third-order valence-corrected chi connectivity index (χ3v) is 6.65. The van der Waals surface area contributed by atoms with Gasteiger partial charge in [0.05, 0.1) is 39.6 Å². The molecule has 5 rings (SSSR count). The van der Waals surface area contributed by atoms with Crippen LogP contribution < -0.4 is 35.3 Å². The van der Waals surface area contributed by atoms with Gasteiger partial charge >= 0.3 is 0 Å². The fourth-order valence-electron chi connectivity index (χ4n) is 4.40. The quantitative estimate of drug-likeness (QED) is 0.190. The Morgan fingerprint density at radius 3 is 1.74 bits per heavy atom. The van der Waals surface area contributed by atoms with E-state index in [2.05, 4.69) is 35.9 Å². The van der Waals surface area contributed by atoms with Gasteiger partial charge in [0.2, 0.25) is 6.33 Å². The second-order valence-corrected chi connectivity index (χ2v) is 11.6. The molecule has 13 heteroatoms. The molecule has 0 saturated heterocycles. The Hall–Kier alpha value is -4.65. The lowest BCUT2D eigenvalue weighted by Gasteiger charge is -2.23. The number of pyridine rings is 2. The second-order valence-electron chi connectivity index (χ2n) is 11.6. The summed E-state index contributed by atoms with van der Waals surface area (Å²) in [5.41, 5.74) is 17.4. The van der Waals surface area contributed by atoms with Crippen molar-refractivity contribution in [2.45, 2.75) is 6.54 Å². The molecule has 226 valence electrons. The van der Waals surface area contributed by atoms with Crippen LogP contribution in [0.2, 0.25) is 0 Å². The van der Waals surface area contributed by atoms with Gasteiger partial charge in [0.15, 0.2) is 0 Å². The van der Waals surface area contributed by atoms with Crippen LogP contribution in [0.5, 0.6) is 11.8 Å². The van der Waals surface area contributed by atoms with Gasteiger partial charge in [-0.25, -0.2) is 18.2 Å². The maximum atomic E-state index is 6.22. The molecule has 0 bridgehead atoms. The number of hydrogen-bond donors (Lipinski definition) is 2. The van der Waals surface area contributed by atoms with E-state index in [-0.39, 0.29) is 0 Å². The number of fused-ring (bicyclic) bond motifs is 2. The number of aromatic nitrogens is 6. The Morgan fingerprint density at radius 1 is 0.810 bits per heavy atom. The van der Waals surface area contributed by atoms with Gasteiger partial charge in [-0.15, -0.1) is 10.2 Å². The number of nitrogen functional groups attached to an aromatic ring is 2. The molecule has 42 heavy (non-hydrogen) atoms. The van der Waals surface area contributed by atoms with E-state index >= 15 is 0 Å². The van der Waals surface area contributed by atoms with Crippen LogP contribution in [0.3, 0.4) is 0 Å². The first kappa shape index (κ1) is 30.3. The normalized spacial score (nSPS) is 11.4. The zero-order valence-electron chi connectivity index (χ0n) is 26.0. The van der Waals surface area contributed by atoms with Crippen molar-refractivity contribution in [3.63, 3.8) is 0 Å². The monoisotopic (exact) mass is 579 g/mol. The van der Waals surface area contributed by atoms with Crippen molar-refractivity contribution in [3.8, 4) is 11.8 Å². The average molecular weight is 580 g/mol. The van der Waals surface area contributed by atoms with E-state index in [0.29, 0.717) is 36.3 Å². The van der Waals surface area contributed by atoms with Crippen molar-refractivity contribution in [1.82, 2.24) is 23.8 Å². The van der Waals surface area contributed by atoms with Crippen LogP contribution >= 0.6 is 0 Å². The lowest BCUT2D eigenvalue weighted by atomic mass is 10.3. The molecule has 5 aromatic heterocycles. The Balaban J connectivity index is 0.000000194. The molecule has 0 spiro atoms. The average Bonchev–Trinajstić information content (AvgIpc) is 3.59. The first-order chi connectivity index (χ1) is 19.9. The molecule has 0 aliphatic carbocycles. The first-order valence-electron chi connectivity index (χ1n) is 13.8. The van der Waals surface area contributed by atoms with Crippen LogP contribution in [-0.2, 0) is 13.6 Å². The number of nitrogens with two attached hydrogens (primary N) is 2. The SMILES string of the molecule is CN(C)c1cccn2nc(OCC[N+](C)(C)C)c(N)c12.CN(C)c1cccn2nc(OCCn3cc[n+](C)c3)c(N)c12. The Morgan fingerprint density at radius 2 is 1.31 bits per heavy atom. The lowest BCUT2D eigenvalue weighted by molar-refractivity contribution is -0.870. The number of ether oxygens (including phenoxy) is 2. The highest BCUT2D eigenvalue weighted by atomic mass is 16.5. The van der Waals surface area contributed by atoms with Crippen molar-refractivity contribution in [1.29, 1.82) is 0 Å². The third kappa shape index (κ3) is 6.97. The maximum Gasteiger partial charge on any atom is 0.257 e. The van der Waals surface area contributed by atoms with Crippen molar-refractivity contribution >= 4 is 33.8 Å². The summed E-state index contributed by atoms with van der Waals surface area (Å²) in [4.78, 5) is 4.03. The molecule has 13 nitrogen and oxygen atoms in total. The number of nitrogens with zero attached hydrogens (tertiary/aromatic N) is 9. The number of rotatable bonds is 10. The van der Waals surface area contributed by atoms with E-state index in [1.54, 1.807) is 9.03 Å². The van der Waals surface area contributed by atoms with Crippen LogP contribution in [0, 0.1) is 0 Å². The van der Waals surface area contributed by atoms with Crippen molar-refractivity contribution in [3.05, 3.63) is 55.4 Å². The standard InChI is InChI=1S/C15H21N6O.C14H24N5O/c1-18(2)12-5-4-6-21-14(12)13(16)15(17-21)22-10-9-20-8-7-19(3)11-20;1-17(2)11-7-6-8-18-13(11)12(15)14(16-18)20-10-9-19(3,4)5/h4-8,11H,9-10,16H2,1-3H3;6-8H,9-10,15H2,1-5H3/q2*+1. The second kappa shape index (κ2) is 12.5. The van der Waals surface area contributed by atoms with E-state index in [9.17, 15) is 0 Å². The first-order valence-corrected chi connectivity index (χ1v) is 13.8. The van der Waals surface area contributed by atoms with Crippen molar-refractivity contribution in [2.75, 3.05) is 90.4 Å². The van der Waals surface area contributed by atoms with Gasteiger partial charge in [0.1, 0.15) is 61.1 Å². The van der Waals surface area contributed by atoms with Gasteiger partial charge in [-0.2, -0.15) is 0 Å². The molecule has 0 atom stereocenters. The number of hydrogen-bond acceptors (Lipinski definition) is 8. The van der Waals surface area contributed by atoms with Gasteiger partial charge < -0.3 is 35.2 Å². The molecule has 0 radical (unpaired) electrons. The third-order valence-electron chi connectivity index (χ3n) is 6.65. The fourth-order valence-corrected chi connectivity index (χ4v) is 4.40. The zero-order valence-corrected chi connectivity index (χ0v) is 26.0. The van der Waals surface area contributed by atoms with Gasteiger partial charge in [-0.1, -0.05) is 0 Å². The highest BCUT2D eigenvalue weighted by Gasteiger charge is 2.17. The summed E-state index contributed by atoms with van der Waals surface area (Å²) in [7, 11) is 16.3. The zero-order chi connectivity index (χ0) is 30.6. The van der Waals surface area contributed by atoms with E-state index in [1.807, 2.05) is 105 Å². The van der Waals surface area contributed by atoms with E-state index in [4.69, 9.17) is 20.9 Å². The summed E-state index contributed by atoms with van der Waals surface area (Å²) >= 11 is 0. The topological polar surface area (TPSA) is 120 Å². The smallest absolute Gasteiger partial charge is 0.257 e. The van der Waals surface area contributed by atoms with Gasteiger partial charge in [-0.3, -0.25) is 0 Å². The summed E-state index contributed by atoms with van der Waals surface area (Å²) in [6.45, 7) is 2.75. The number of anilines is 4. The highest BCUT2D eigenvalue weighted by Crippen LogP contribution is 2.33. The molecule has 0 aliphatic heterocycles. The van der Waals surface area contributed by atoms with Crippen molar-refractivity contribution < 1.29 is 18.5 Å². The molecule has 5 heterocycles. The van der Waals surface area contributed by atoms with E-state index in [1.165, 1.54) is 0 Å². The van der Waals surface area contributed by atoms with Crippen molar-refractivity contribution in [2.24, 2.45) is 7.05 Å². The molecular formula is C29H45N11O2+2. The maximum absolute atomic E-state index is 6.22. The summed E-state index contributed by atoms with van der Waals surface area (Å²) in [6.07, 6.45) is 9.74. The number of imidazole rings is 1. The number of likely N-dealkylation sites (N-methyl/N-ethyl adjacent to an activating group) is 1. The molecule has 0 amide bonds. The molecular weight excluding hydrogens is 534 g/mol. The minimum atomic E-state index is 0.478. The Bertz CT molecular complexity index is 1630. The molecule has 5 aromatic rings. The highest BCUT2D eigenvalue weighted by molar-refractivity contribution is 5.88. The minimum Gasteiger partial charge on any atom is -0.471 e. The largest absolute Gasteiger partial charge is 0.471 e. The summed E-state index contributed by atoms with van der Waals surface area (Å²) in [5, 5.41) is 8.83. The predicted molar refractivity (Wildman–Crippen MR) is 167 cm³/mol. The molecule has 4 N–H and O–H groups in total. The summed E-state index contributed by atoms with van der Waals surface area (Å²) in [6, 6.07) is 7.92. The molecule has 0 aliphatic rings. The van der Waals surface area contributed by atoms with Crippen LogP contribution in [0.1, 0.15) is 0 Å². The van der Waals surface area contributed by atoms with Gasteiger partial charge in [0, 0.05) is 40.6 Å². The van der Waals surface area contributed by atoms with E-state index in [0.717, 1.165) is 40.0 Å². The van der Waals surface area contributed by atoms with Crippen LogP contribution in [0.25, 0.3) is 11.0 Å². The van der Waals surface area contributed by atoms with Gasteiger partial charge in [0.25, 0.3) is 11.8 Å². The lowest BCUT2D eigenvalue weighted by Crippen LogP contribution is -2.38. The fraction of sp³-hybridized carbons (Fsp3) is 0.414. The number of quaternary nitrogens is 1. The van der Waals surface area contributed by atoms with E-state index < -0.39 is 0 Å². The molecule has 0 fully saturated rings. The summed E-state index contributed by atoms with van der Waals surface area (Å²) in [5.74, 6) is 0.985. The van der Waals surface area contributed by atoms with Crippen LogP contribution in [0.15, 0.2) is 55.4 Å². The Kier molecular flexibility index (Phi) is 9.00. The molecule has 0 aromatic carbocycles. The number of aryl methyl sites for hydroxylation is 1.